The molecule has 2 heterocycles. The van der Waals surface area contributed by atoms with Gasteiger partial charge in [-0.15, -0.1) is 11.6 Å². The normalized spacial score (nSPS) is 13.0. The van der Waals surface area contributed by atoms with Gasteiger partial charge in [0.15, 0.2) is 5.82 Å². The van der Waals surface area contributed by atoms with E-state index in [4.69, 9.17) is 16.1 Å². The van der Waals surface area contributed by atoms with Crippen LogP contribution in [0.3, 0.4) is 0 Å². The minimum atomic E-state index is -0.180. The first-order valence-electron chi connectivity index (χ1n) is 6.03. The van der Waals surface area contributed by atoms with Crippen LogP contribution in [0.4, 0.5) is 0 Å². The Labute approximate surface area is 115 Å². The van der Waals surface area contributed by atoms with Crippen LogP contribution in [0.15, 0.2) is 28.8 Å². The van der Waals surface area contributed by atoms with Gasteiger partial charge in [0.2, 0.25) is 5.89 Å². The summed E-state index contributed by atoms with van der Waals surface area (Å²) < 4.78 is 7.02. The highest BCUT2D eigenvalue weighted by molar-refractivity contribution is 6.20. The molecular weight excluding hydrogens is 264 g/mol. The molecule has 0 aliphatic rings. The second-order valence-corrected chi connectivity index (χ2v) is 5.05. The van der Waals surface area contributed by atoms with Gasteiger partial charge in [0.1, 0.15) is 5.82 Å². The summed E-state index contributed by atoms with van der Waals surface area (Å²) in [5, 5.41) is 3.74. The monoisotopic (exact) mass is 276 g/mol. The molecule has 0 bridgehead atoms. The van der Waals surface area contributed by atoms with Crippen molar-refractivity contribution >= 4 is 22.6 Å². The molecule has 0 N–H and O–H groups in total. The van der Waals surface area contributed by atoms with Gasteiger partial charge >= 0.3 is 0 Å². The third-order valence-corrected chi connectivity index (χ3v) is 3.10. The minimum absolute atomic E-state index is 0.180. The summed E-state index contributed by atoms with van der Waals surface area (Å²) >= 11 is 6.20. The molecule has 3 aromatic rings. The van der Waals surface area contributed by atoms with E-state index in [0.29, 0.717) is 18.3 Å². The van der Waals surface area contributed by atoms with Gasteiger partial charge in [-0.25, -0.2) is 4.98 Å². The number of para-hydroxylation sites is 2. The van der Waals surface area contributed by atoms with Gasteiger partial charge in [-0.3, -0.25) is 0 Å². The van der Waals surface area contributed by atoms with E-state index in [-0.39, 0.29) is 5.38 Å². The number of alkyl halides is 1. The lowest BCUT2D eigenvalue weighted by molar-refractivity contribution is 0.386. The van der Waals surface area contributed by atoms with Crippen LogP contribution in [0, 0.1) is 6.92 Å². The Morgan fingerprint density at radius 1 is 1.32 bits per heavy atom. The zero-order chi connectivity index (χ0) is 13.4. The third-order valence-electron chi connectivity index (χ3n) is 2.91. The number of imidazole rings is 1. The molecule has 0 amide bonds. The van der Waals surface area contributed by atoms with Crippen LogP contribution in [-0.2, 0) is 6.54 Å². The van der Waals surface area contributed by atoms with Crippen molar-refractivity contribution in [3.63, 3.8) is 0 Å². The van der Waals surface area contributed by atoms with E-state index in [0.717, 1.165) is 16.9 Å². The largest absolute Gasteiger partial charge is 0.340 e. The zero-order valence-corrected chi connectivity index (χ0v) is 11.4. The number of rotatable bonds is 3. The first kappa shape index (κ1) is 12.2. The second kappa shape index (κ2) is 4.66. The van der Waals surface area contributed by atoms with Gasteiger partial charge in [-0.1, -0.05) is 17.3 Å². The Hall–Kier alpha value is -1.88. The molecule has 0 saturated carbocycles. The van der Waals surface area contributed by atoms with Crippen molar-refractivity contribution in [2.45, 2.75) is 25.8 Å². The maximum absolute atomic E-state index is 6.20. The summed E-state index contributed by atoms with van der Waals surface area (Å²) in [4.78, 5) is 8.78. The molecule has 0 saturated heterocycles. The number of hydrogen-bond donors (Lipinski definition) is 0. The van der Waals surface area contributed by atoms with Gasteiger partial charge < -0.3 is 9.09 Å². The minimum Gasteiger partial charge on any atom is -0.340 e. The lowest BCUT2D eigenvalue weighted by atomic mass is 10.3. The standard InChI is InChI=1S/C13H13ClN4O/c1-8(14)13-16-10-5-3-4-6-11(10)18(13)7-12-15-9(2)19-17-12/h3-6,8H,7H2,1-2H3. The number of halogens is 1. The molecule has 2 aromatic heterocycles. The Morgan fingerprint density at radius 3 is 2.79 bits per heavy atom. The first-order valence-corrected chi connectivity index (χ1v) is 6.47. The molecule has 0 aliphatic heterocycles. The SMILES string of the molecule is Cc1nc(Cn2c(C(C)Cl)nc3ccccc32)no1. The highest BCUT2D eigenvalue weighted by Crippen LogP contribution is 2.25. The molecular formula is C13H13ClN4O. The fourth-order valence-corrected chi connectivity index (χ4v) is 2.28. The summed E-state index contributed by atoms with van der Waals surface area (Å²) in [6.45, 7) is 4.18. The molecule has 1 atom stereocenters. The maximum Gasteiger partial charge on any atom is 0.223 e. The average molecular weight is 277 g/mol. The lowest BCUT2D eigenvalue weighted by Gasteiger charge is -2.07. The smallest absolute Gasteiger partial charge is 0.223 e. The summed E-state index contributed by atoms with van der Waals surface area (Å²) in [7, 11) is 0. The molecule has 0 radical (unpaired) electrons. The summed E-state index contributed by atoms with van der Waals surface area (Å²) in [6, 6.07) is 7.92. The van der Waals surface area contributed by atoms with E-state index < -0.39 is 0 Å². The van der Waals surface area contributed by atoms with Crippen LogP contribution in [0.25, 0.3) is 11.0 Å². The molecule has 98 valence electrons. The van der Waals surface area contributed by atoms with E-state index >= 15 is 0 Å². The van der Waals surface area contributed by atoms with E-state index in [1.807, 2.05) is 35.8 Å². The Balaban J connectivity index is 2.12. The van der Waals surface area contributed by atoms with Crippen molar-refractivity contribution in [2.24, 2.45) is 0 Å². The van der Waals surface area contributed by atoms with Crippen molar-refractivity contribution in [1.29, 1.82) is 0 Å². The number of fused-ring (bicyclic) bond motifs is 1. The summed E-state index contributed by atoms with van der Waals surface area (Å²) in [5.74, 6) is 1.99. The highest BCUT2D eigenvalue weighted by atomic mass is 35.5. The zero-order valence-electron chi connectivity index (χ0n) is 10.7. The fraction of sp³-hybridized carbons (Fsp3) is 0.308. The van der Waals surface area contributed by atoms with Crippen molar-refractivity contribution in [3.05, 3.63) is 41.8 Å². The van der Waals surface area contributed by atoms with Gasteiger partial charge in [0.05, 0.1) is 23.0 Å². The van der Waals surface area contributed by atoms with Gasteiger partial charge in [-0.05, 0) is 19.1 Å². The quantitative estimate of drug-likeness (QED) is 0.690. The van der Waals surface area contributed by atoms with Crippen LogP contribution in [0.2, 0.25) is 0 Å². The molecule has 0 spiro atoms. The van der Waals surface area contributed by atoms with Gasteiger partial charge in [0, 0.05) is 6.92 Å². The average Bonchev–Trinajstić information content (AvgIpc) is 2.95. The Kier molecular flexibility index (Phi) is 2.98. The molecule has 6 heteroatoms. The van der Waals surface area contributed by atoms with Gasteiger partial charge in [0.25, 0.3) is 0 Å². The van der Waals surface area contributed by atoms with Crippen LogP contribution in [0.1, 0.15) is 29.8 Å². The third kappa shape index (κ3) is 2.21. The van der Waals surface area contributed by atoms with Crippen LogP contribution in [-0.4, -0.2) is 19.7 Å². The number of nitrogens with zero attached hydrogens (tertiary/aromatic N) is 4. The van der Waals surface area contributed by atoms with E-state index in [1.54, 1.807) is 6.92 Å². The molecule has 0 fully saturated rings. The topological polar surface area (TPSA) is 56.7 Å². The number of benzene rings is 1. The number of hydrogen-bond acceptors (Lipinski definition) is 4. The van der Waals surface area contributed by atoms with Crippen molar-refractivity contribution < 1.29 is 4.52 Å². The van der Waals surface area contributed by atoms with Crippen molar-refractivity contribution in [3.8, 4) is 0 Å². The summed E-state index contributed by atoms with van der Waals surface area (Å²) in [5.41, 5.74) is 1.94. The van der Waals surface area contributed by atoms with Gasteiger partial charge in [-0.2, -0.15) is 4.98 Å². The number of aromatic nitrogens is 4. The molecule has 1 aromatic carbocycles. The molecule has 0 aliphatic carbocycles. The summed E-state index contributed by atoms with van der Waals surface area (Å²) in [6.07, 6.45) is 0. The first-order chi connectivity index (χ1) is 9.15. The Morgan fingerprint density at radius 2 is 2.11 bits per heavy atom. The van der Waals surface area contributed by atoms with Crippen LogP contribution in [0.5, 0.6) is 0 Å². The molecule has 1 unspecified atom stereocenters. The predicted molar refractivity (Wildman–Crippen MR) is 72.1 cm³/mol. The van der Waals surface area contributed by atoms with Crippen LogP contribution >= 0.6 is 11.6 Å². The Bertz CT molecular complexity index is 716. The lowest BCUT2D eigenvalue weighted by Crippen LogP contribution is -2.07. The fourth-order valence-electron chi connectivity index (χ4n) is 2.11. The maximum atomic E-state index is 6.20. The van der Waals surface area contributed by atoms with Crippen molar-refractivity contribution in [2.75, 3.05) is 0 Å². The molecule has 19 heavy (non-hydrogen) atoms. The predicted octanol–water partition coefficient (Wildman–Crippen LogP) is 3.08. The van der Waals surface area contributed by atoms with E-state index in [2.05, 4.69) is 15.1 Å². The molecule has 3 rings (SSSR count). The van der Waals surface area contributed by atoms with Crippen molar-refractivity contribution in [1.82, 2.24) is 19.7 Å². The van der Waals surface area contributed by atoms with E-state index in [1.165, 1.54) is 0 Å². The van der Waals surface area contributed by atoms with E-state index in [9.17, 15) is 0 Å². The highest BCUT2D eigenvalue weighted by Gasteiger charge is 2.16. The molecule has 5 nitrogen and oxygen atoms in total. The van der Waals surface area contributed by atoms with Crippen LogP contribution < -0.4 is 0 Å². The second-order valence-electron chi connectivity index (χ2n) is 4.39. The number of aryl methyl sites for hydroxylation is 1.